The Kier molecular flexibility index (Phi) is 4.06. The Hall–Kier alpha value is -2.07. The molecule has 0 radical (unpaired) electrons. The highest BCUT2D eigenvalue weighted by atomic mass is 16.3. The second-order valence-electron chi connectivity index (χ2n) is 5.26. The third kappa shape index (κ3) is 3.00. The topological polar surface area (TPSA) is 45.5 Å². The third-order valence-corrected chi connectivity index (χ3v) is 3.77. The van der Waals surface area contributed by atoms with Gasteiger partial charge in [-0.25, -0.2) is 0 Å². The number of aryl methyl sites for hydroxylation is 1. The monoisotopic (exact) mass is 284 g/mol. The number of nitrogens with zero attached hydrogens (tertiary/aromatic N) is 1. The summed E-state index contributed by atoms with van der Waals surface area (Å²) in [5, 5.41) is 3.23. The molecule has 1 aromatic carbocycles. The number of carbonyl (C=O) groups is 1. The quantitative estimate of drug-likeness (QED) is 0.918. The van der Waals surface area contributed by atoms with Crippen molar-refractivity contribution in [1.82, 2.24) is 5.32 Å². The summed E-state index contributed by atoms with van der Waals surface area (Å²) in [5.41, 5.74) is 2.25. The molecule has 1 aliphatic heterocycles. The summed E-state index contributed by atoms with van der Waals surface area (Å²) >= 11 is 0. The molecule has 1 aliphatic rings. The summed E-state index contributed by atoms with van der Waals surface area (Å²) < 4.78 is 5.80. The zero-order valence-electron chi connectivity index (χ0n) is 12.3. The Bertz CT molecular complexity index is 633. The molecule has 110 valence electrons. The van der Waals surface area contributed by atoms with Crippen LogP contribution in [0.2, 0.25) is 0 Å². The largest absolute Gasteiger partial charge is 0.463 e. The number of hydrogen-bond donors (Lipinski definition) is 1. The van der Waals surface area contributed by atoms with E-state index in [1.54, 1.807) is 0 Å². The molecule has 3 rings (SSSR count). The third-order valence-electron chi connectivity index (χ3n) is 3.77. The molecule has 1 amide bonds. The van der Waals surface area contributed by atoms with Crippen molar-refractivity contribution < 1.29 is 9.21 Å². The van der Waals surface area contributed by atoms with Crippen molar-refractivity contribution in [2.24, 2.45) is 0 Å². The van der Waals surface area contributed by atoms with E-state index in [1.807, 2.05) is 35.2 Å². The average Bonchev–Trinajstić information content (AvgIpc) is 2.96. The molecule has 0 fully saturated rings. The van der Waals surface area contributed by atoms with E-state index in [0.29, 0.717) is 13.0 Å². The normalized spacial score (nSPS) is 14.3. The van der Waals surface area contributed by atoms with Crippen molar-refractivity contribution in [3.05, 3.63) is 53.5 Å². The van der Waals surface area contributed by atoms with E-state index in [4.69, 9.17) is 4.42 Å². The lowest BCUT2D eigenvalue weighted by molar-refractivity contribution is -0.119. The van der Waals surface area contributed by atoms with Crippen LogP contribution in [-0.2, 0) is 24.3 Å². The van der Waals surface area contributed by atoms with Gasteiger partial charge in [0, 0.05) is 12.1 Å². The number of furan rings is 1. The standard InChI is InChI=1S/C17H20N2O2/c1-2-18-11-14-8-9-15(21-14)12-19-16-6-4-3-5-13(16)7-10-17(19)20/h3-6,8-9,18H,2,7,10-12H2,1H3. The summed E-state index contributed by atoms with van der Waals surface area (Å²) in [6, 6.07) is 12.0. The first-order chi connectivity index (χ1) is 10.3. The summed E-state index contributed by atoms with van der Waals surface area (Å²) in [7, 11) is 0. The molecule has 0 atom stereocenters. The maximum atomic E-state index is 12.2. The number of fused-ring (bicyclic) bond motifs is 1. The Morgan fingerprint density at radius 1 is 1.14 bits per heavy atom. The second-order valence-corrected chi connectivity index (χ2v) is 5.26. The van der Waals surface area contributed by atoms with E-state index in [-0.39, 0.29) is 5.91 Å². The van der Waals surface area contributed by atoms with Crippen LogP contribution in [0.3, 0.4) is 0 Å². The lowest BCUT2D eigenvalue weighted by atomic mass is 10.0. The molecule has 0 aliphatic carbocycles. The van der Waals surface area contributed by atoms with Crippen LogP contribution in [0.1, 0.15) is 30.4 Å². The van der Waals surface area contributed by atoms with E-state index < -0.39 is 0 Å². The molecule has 0 unspecified atom stereocenters. The fourth-order valence-electron chi connectivity index (χ4n) is 2.68. The number of carbonyl (C=O) groups excluding carboxylic acids is 1. The number of anilines is 1. The van der Waals surface area contributed by atoms with E-state index in [0.717, 1.165) is 36.7 Å². The van der Waals surface area contributed by atoms with Crippen molar-refractivity contribution >= 4 is 11.6 Å². The number of para-hydroxylation sites is 1. The van der Waals surface area contributed by atoms with Crippen LogP contribution in [0.5, 0.6) is 0 Å². The molecule has 2 heterocycles. The Morgan fingerprint density at radius 2 is 1.95 bits per heavy atom. The minimum absolute atomic E-state index is 0.165. The Morgan fingerprint density at radius 3 is 2.81 bits per heavy atom. The number of hydrogen-bond acceptors (Lipinski definition) is 3. The summed E-state index contributed by atoms with van der Waals surface area (Å²) in [6.45, 7) is 4.20. The number of benzene rings is 1. The van der Waals surface area contributed by atoms with Gasteiger partial charge in [0.05, 0.1) is 13.1 Å². The predicted octanol–water partition coefficient (Wildman–Crippen LogP) is 2.87. The molecule has 21 heavy (non-hydrogen) atoms. The minimum Gasteiger partial charge on any atom is -0.463 e. The highest BCUT2D eigenvalue weighted by Gasteiger charge is 2.24. The highest BCUT2D eigenvalue weighted by molar-refractivity contribution is 5.96. The molecule has 0 saturated heterocycles. The lowest BCUT2D eigenvalue weighted by Gasteiger charge is -2.28. The predicted molar refractivity (Wildman–Crippen MR) is 82.0 cm³/mol. The van der Waals surface area contributed by atoms with Gasteiger partial charge in [-0.2, -0.15) is 0 Å². The van der Waals surface area contributed by atoms with Gasteiger partial charge in [0.2, 0.25) is 5.91 Å². The van der Waals surface area contributed by atoms with Crippen LogP contribution in [0, 0.1) is 0 Å². The summed E-state index contributed by atoms with van der Waals surface area (Å²) in [5.74, 6) is 1.90. The molecule has 1 aromatic heterocycles. The van der Waals surface area contributed by atoms with Crippen LogP contribution in [0.15, 0.2) is 40.8 Å². The van der Waals surface area contributed by atoms with Gasteiger partial charge in [0.25, 0.3) is 0 Å². The van der Waals surface area contributed by atoms with Gasteiger partial charge in [-0.3, -0.25) is 4.79 Å². The number of rotatable bonds is 5. The van der Waals surface area contributed by atoms with Gasteiger partial charge < -0.3 is 14.6 Å². The van der Waals surface area contributed by atoms with Crippen molar-refractivity contribution in [3.8, 4) is 0 Å². The van der Waals surface area contributed by atoms with Crippen LogP contribution in [0.4, 0.5) is 5.69 Å². The van der Waals surface area contributed by atoms with Gasteiger partial charge in [-0.05, 0) is 36.7 Å². The molecule has 2 aromatic rings. The molecule has 0 spiro atoms. The van der Waals surface area contributed by atoms with Crippen LogP contribution in [0.25, 0.3) is 0 Å². The van der Waals surface area contributed by atoms with E-state index in [2.05, 4.69) is 18.3 Å². The molecule has 0 bridgehead atoms. The van der Waals surface area contributed by atoms with Gasteiger partial charge in [0.1, 0.15) is 11.5 Å². The zero-order valence-corrected chi connectivity index (χ0v) is 12.3. The molecule has 4 heteroatoms. The number of amides is 1. The second kappa shape index (κ2) is 6.14. The van der Waals surface area contributed by atoms with E-state index in [1.165, 1.54) is 5.56 Å². The first kappa shape index (κ1) is 13.9. The maximum absolute atomic E-state index is 12.2. The Balaban J connectivity index is 1.78. The smallest absolute Gasteiger partial charge is 0.227 e. The molecular formula is C17H20N2O2. The van der Waals surface area contributed by atoms with Crippen molar-refractivity contribution in [2.75, 3.05) is 11.4 Å². The number of nitrogens with one attached hydrogen (secondary N) is 1. The van der Waals surface area contributed by atoms with Crippen molar-refractivity contribution in [2.45, 2.75) is 32.9 Å². The minimum atomic E-state index is 0.165. The van der Waals surface area contributed by atoms with Crippen LogP contribution >= 0.6 is 0 Å². The first-order valence-electron chi connectivity index (χ1n) is 7.44. The van der Waals surface area contributed by atoms with Gasteiger partial charge in [-0.1, -0.05) is 25.1 Å². The summed E-state index contributed by atoms with van der Waals surface area (Å²) in [6.07, 6.45) is 1.40. The average molecular weight is 284 g/mol. The molecular weight excluding hydrogens is 264 g/mol. The lowest BCUT2D eigenvalue weighted by Crippen LogP contribution is -2.34. The van der Waals surface area contributed by atoms with Crippen LogP contribution in [-0.4, -0.2) is 12.5 Å². The fraction of sp³-hybridized carbons (Fsp3) is 0.353. The van der Waals surface area contributed by atoms with E-state index in [9.17, 15) is 4.79 Å². The van der Waals surface area contributed by atoms with Crippen molar-refractivity contribution in [3.63, 3.8) is 0 Å². The Labute approximate surface area is 124 Å². The molecule has 4 nitrogen and oxygen atoms in total. The molecule has 1 N–H and O–H groups in total. The van der Waals surface area contributed by atoms with Gasteiger partial charge >= 0.3 is 0 Å². The van der Waals surface area contributed by atoms with Crippen LogP contribution < -0.4 is 10.2 Å². The highest BCUT2D eigenvalue weighted by Crippen LogP contribution is 2.29. The summed E-state index contributed by atoms with van der Waals surface area (Å²) in [4.78, 5) is 14.0. The van der Waals surface area contributed by atoms with Gasteiger partial charge in [-0.15, -0.1) is 0 Å². The van der Waals surface area contributed by atoms with Crippen molar-refractivity contribution in [1.29, 1.82) is 0 Å². The first-order valence-corrected chi connectivity index (χ1v) is 7.44. The SMILES string of the molecule is CCNCc1ccc(CN2C(=O)CCc3ccccc32)o1. The van der Waals surface area contributed by atoms with Gasteiger partial charge in [0.15, 0.2) is 0 Å². The zero-order chi connectivity index (χ0) is 14.7. The fourth-order valence-corrected chi connectivity index (χ4v) is 2.68. The van der Waals surface area contributed by atoms with E-state index >= 15 is 0 Å². The maximum Gasteiger partial charge on any atom is 0.227 e. The molecule has 0 saturated carbocycles.